The van der Waals surface area contributed by atoms with E-state index in [0.717, 1.165) is 11.4 Å². The zero-order chi connectivity index (χ0) is 11.6. The zero-order valence-corrected chi connectivity index (χ0v) is 10.5. The van der Waals surface area contributed by atoms with Gasteiger partial charge in [-0.25, -0.2) is 9.97 Å². The van der Waals surface area contributed by atoms with Crippen molar-refractivity contribution in [2.45, 2.75) is 47.0 Å². The highest BCUT2D eigenvalue weighted by molar-refractivity contribution is 5.64. The third-order valence-corrected chi connectivity index (χ3v) is 2.51. The van der Waals surface area contributed by atoms with Crippen LogP contribution in [0.3, 0.4) is 0 Å². The monoisotopic (exact) mass is 204 g/mol. The van der Waals surface area contributed by atoms with E-state index in [2.05, 4.69) is 51.5 Å². The Morgan fingerprint density at radius 2 is 1.47 bits per heavy atom. The van der Waals surface area contributed by atoms with Gasteiger partial charge in [0.05, 0.1) is 0 Å². The van der Waals surface area contributed by atoms with E-state index in [1.807, 2.05) is 12.4 Å². The molecule has 0 saturated carbocycles. The van der Waals surface area contributed by atoms with Crippen molar-refractivity contribution in [2.75, 3.05) is 0 Å². The summed E-state index contributed by atoms with van der Waals surface area (Å²) in [7, 11) is 0. The maximum atomic E-state index is 4.41. The molecule has 0 spiro atoms. The molecule has 1 heterocycles. The van der Waals surface area contributed by atoms with Crippen LogP contribution in [0.1, 0.15) is 52.9 Å². The van der Waals surface area contributed by atoms with Crippen molar-refractivity contribution in [1.82, 2.24) is 9.97 Å². The molecule has 0 fully saturated rings. The molecule has 0 N–H and O–H groups in total. The van der Waals surface area contributed by atoms with Gasteiger partial charge >= 0.3 is 0 Å². The van der Waals surface area contributed by atoms with E-state index < -0.39 is 0 Å². The normalized spacial score (nSPS) is 11.3. The molecule has 0 saturated heterocycles. The lowest BCUT2D eigenvalue weighted by molar-refractivity contribution is 0.545. The highest BCUT2D eigenvalue weighted by atomic mass is 14.9. The van der Waals surface area contributed by atoms with E-state index in [9.17, 15) is 0 Å². The molecule has 0 aliphatic heterocycles. The van der Waals surface area contributed by atoms with Gasteiger partial charge in [0.25, 0.3) is 0 Å². The quantitative estimate of drug-likeness (QED) is 0.698. The van der Waals surface area contributed by atoms with Gasteiger partial charge in [0, 0.05) is 23.4 Å². The summed E-state index contributed by atoms with van der Waals surface area (Å²) in [6.45, 7) is 12.7. The summed E-state index contributed by atoms with van der Waals surface area (Å²) in [6, 6.07) is 0. The van der Waals surface area contributed by atoms with E-state index in [1.54, 1.807) is 0 Å². The van der Waals surface area contributed by atoms with Crippen LogP contribution < -0.4 is 0 Å². The van der Waals surface area contributed by atoms with Crippen molar-refractivity contribution in [3.05, 3.63) is 29.4 Å². The van der Waals surface area contributed by atoms with Crippen LogP contribution in [0.2, 0.25) is 0 Å². The second-order valence-corrected chi connectivity index (χ2v) is 5.17. The summed E-state index contributed by atoms with van der Waals surface area (Å²) < 4.78 is 0. The fraction of sp³-hybridized carbons (Fsp3) is 0.538. The van der Waals surface area contributed by atoms with Crippen molar-refractivity contribution >= 4 is 5.57 Å². The first-order valence-corrected chi connectivity index (χ1v) is 5.29. The van der Waals surface area contributed by atoms with Crippen LogP contribution in [0.5, 0.6) is 0 Å². The summed E-state index contributed by atoms with van der Waals surface area (Å²) >= 11 is 0. The molecule has 0 aromatic carbocycles. The Morgan fingerprint density at radius 3 is 1.80 bits per heavy atom. The van der Waals surface area contributed by atoms with Crippen molar-refractivity contribution in [3.63, 3.8) is 0 Å². The third-order valence-electron chi connectivity index (χ3n) is 2.51. The van der Waals surface area contributed by atoms with Gasteiger partial charge in [-0.2, -0.15) is 0 Å². The Kier molecular flexibility index (Phi) is 3.28. The minimum Gasteiger partial charge on any atom is -0.240 e. The van der Waals surface area contributed by atoms with Gasteiger partial charge in [0.1, 0.15) is 5.82 Å². The van der Waals surface area contributed by atoms with Crippen LogP contribution in [0.25, 0.3) is 5.57 Å². The van der Waals surface area contributed by atoms with E-state index in [-0.39, 0.29) is 5.41 Å². The number of hydrogen-bond donors (Lipinski definition) is 0. The maximum absolute atomic E-state index is 4.41. The topological polar surface area (TPSA) is 25.8 Å². The van der Waals surface area contributed by atoms with Crippen molar-refractivity contribution in [3.8, 4) is 0 Å². The Morgan fingerprint density at radius 1 is 1.00 bits per heavy atom. The number of aromatic nitrogens is 2. The second-order valence-electron chi connectivity index (χ2n) is 5.17. The zero-order valence-electron chi connectivity index (χ0n) is 10.5. The molecule has 0 radical (unpaired) electrons. The first-order chi connectivity index (χ1) is 6.82. The molecule has 0 amide bonds. The molecule has 82 valence electrons. The molecule has 15 heavy (non-hydrogen) atoms. The Hall–Kier alpha value is -1.18. The molecule has 0 unspecified atom stereocenters. The van der Waals surface area contributed by atoms with Crippen molar-refractivity contribution in [2.24, 2.45) is 0 Å². The highest BCUT2D eigenvalue weighted by Gasteiger charge is 2.16. The fourth-order valence-corrected chi connectivity index (χ4v) is 1.20. The van der Waals surface area contributed by atoms with Gasteiger partial charge in [0.15, 0.2) is 0 Å². The molecular formula is C13H20N2. The van der Waals surface area contributed by atoms with Gasteiger partial charge < -0.3 is 0 Å². The molecule has 0 atom stereocenters. The fourth-order valence-electron chi connectivity index (χ4n) is 1.20. The Balaban J connectivity index is 3.07. The molecule has 2 nitrogen and oxygen atoms in total. The molecule has 1 aromatic rings. The van der Waals surface area contributed by atoms with Crippen molar-refractivity contribution in [1.29, 1.82) is 0 Å². The predicted octanol–water partition coefficient (Wildman–Crippen LogP) is 3.59. The second kappa shape index (κ2) is 4.13. The van der Waals surface area contributed by atoms with Gasteiger partial charge in [-0.05, 0) is 26.3 Å². The number of nitrogens with zero attached hydrogens (tertiary/aromatic N) is 2. The van der Waals surface area contributed by atoms with E-state index in [4.69, 9.17) is 0 Å². The lowest BCUT2D eigenvalue weighted by Crippen LogP contribution is -2.15. The van der Waals surface area contributed by atoms with Gasteiger partial charge in [-0.3, -0.25) is 0 Å². The van der Waals surface area contributed by atoms with E-state index in [1.165, 1.54) is 11.1 Å². The van der Waals surface area contributed by atoms with Crippen LogP contribution >= 0.6 is 0 Å². The molecule has 0 aliphatic carbocycles. The van der Waals surface area contributed by atoms with Gasteiger partial charge in [-0.15, -0.1) is 0 Å². The predicted molar refractivity (Wildman–Crippen MR) is 64.7 cm³/mol. The van der Waals surface area contributed by atoms with Crippen LogP contribution in [-0.2, 0) is 5.41 Å². The summed E-state index contributed by atoms with van der Waals surface area (Å²) in [5, 5.41) is 0. The highest BCUT2D eigenvalue weighted by Crippen LogP contribution is 2.20. The summed E-state index contributed by atoms with van der Waals surface area (Å²) in [5.74, 6) is 0.896. The molecule has 1 rings (SSSR count). The molecular weight excluding hydrogens is 184 g/mol. The van der Waals surface area contributed by atoms with Crippen molar-refractivity contribution < 1.29 is 0 Å². The number of hydrogen-bond acceptors (Lipinski definition) is 2. The number of rotatable bonds is 1. The minimum absolute atomic E-state index is 0.0252. The largest absolute Gasteiger partial charge is 0.240 e. The molecule has 0 aliphatic rings. The standard InChI is InChI=1S/C13H20N2/c1-9(2)10(3)11-7-14-12(15-8-11)13(4,5)6/h7-8H,1-6H3. The van der Waals surface area contributed by atoms with Gasteiger partial charge in [0.2, 0.25) is 0 Å². The van der Waals surface area contributed by atoms with Crippen LogP contribution in [0.15, 0.2) is 18.0 Å². The lowest BCUT2D eigenvalue weighted by Gasteiger charge is -2.16. The molecule has 1 aromatic heterocycles. The average Bonchev–Trinajstić information content (AvgIpc) is 2.15. The van der Waals surface area contributed by atoms with E-state index >= 15 is 0 Å². The average molecular weight is 204 g/mol. The van der Waals surface area contributed by atoms with Crippen LogP contribution in [-0.4, -0.2) is 9.97 Å². The summed E-state index contributed by atoms with van der Waals surface area (Å²) in [4.78, 5) is 8.82. The SMILES string of the molecule is CC(C)=C(C)c1cnc(C(C)(C)C)nc1. The number of allylic oxidation sites excluding steroid dienone is 2. The van der Waals surface area contributed by atoms with Crippen LogP contribution in [0, 0.1) is 0 Å². The molecule has 0 bridgehead atoms. The first-order valence-electron chi connectivity index (χ1n) is 5.29. The Bertz CT molecular complexity index is 363. The third kappa shape index (κ3) is 2.88. The lowest BCUT2D eigenvalue weighted by atomic mass is 9.95. The Labute approximate surface area is 92.5 Å². The maximum Gasteiger partial charge on any atom is 0.133 e. The van der Waals surface area contributed by atoms with E-state index in [0.29, 0.717) is 0 Å². The van der Waals surface area contributed by atoms with Gasteiger partial charge in [-0.1, -0.05) is 26.3 Å². The smallest absolute Gasteiger partial charge is 0.133 e. The van der Waals surface area contributed by atoms with Crippen LogP contribution in [0.4, 0.5) is 0 Å². The first kappa shape index (κ1) is 11.9. The summed E-state index contributed by atoms with van der Waals surface area (Å²) in [6.07, 6.45) is 3.83. The molecule has 2 heteroatoms. The minimum atomic E-state index is 0.0252. The summed E-state index contributed by atoms with van der Waals surface area (Å²) in [5.41, 5.74) is 3.71.